The number of benzene rings is 2. The van der Waals surface area contributed by atoms with Crippen LogP contribution in [0.5, 0.6) is 5.75 Å². The molecule has 0 N–H and O–H groups in total. The van der Waals surface area contributed by atoms with Crippen molar-refractivity contribution in [3.05, 3.63) is 60.2 Å². The van der Waals surface area contributed by atoms with Gasteiger partial charge in [0.05, 0.1) is 12.0 Å². The second kappa shape index (κ2) is 6.39. The van der Waals surface area contributed by atoms with Crippen LogP contribution < -0.4 is 4.74 Å². The van der Waals surface area contributed by atoms with Crippen LogP contribution in [-0.4, -0.2) is 15.5 Å². The minimum atomic E-state index is -3.99. The lowest BCUT2D eigenvalue weighted by Crippen LogP contribution is -2.11. The Hall–Kier alpha value is -2.36. The summed E-state index contributed by atoms with van der Waals surface area (Å²) in [5.41, 5.74) is 0.442. The molecule has 0 saturated carbocycles. The monoisotopic (exact) mass is 303 g/mol. The van der Waals surface area contributed by atoms with Gasteiger partial charge in [0.25, 0.3) is 10.1 Å². The summed E-state index contributed by atoms with van der Waals surface area (Å²) in [6, 6.07) is 16.0. The molecule has 21 heavy (non-hydrogen) atoms. The first-order valence-corrected chi connectivity index (χ1v) is 7.49. The minimum Gasteiger partial charge on any atom is -0.497 e. The predicted molar refractivity (Wildman–Crippen MR) is 76.1 cm³/mol. The van der Waals surface area contributed by atoms with Gasteiger partial charge in [-0.3, -0.25) is 0 Å². The van der Waals surface area contributed by atoms with E-state index in [9.17, 15) is 8.42 Å². The van der Waals surface area contributed by atoms with Gasteiger partial charge in [0.2, 0.25) is 0 Å². The van der Waals surface area contributed by atoms with Crippen molar-refractivity contribution in [2.45, 2.75) is 11.0 Å². The molecule has 0 aromatic heterocycles. The van der Waals surface area contributed by atoms with E-state index in [0.29, 0.717) is 11.3 Å². The summed E-state index contributed by atoms with van der Waals surface area (Å²) in [6.45, 7) is 0. The maximum Gasteiger partial charge on any atom is 0.298 e. The Bertz CT molecular complexity index is 733. The van der Waals surface area contributed by atoms with Crippen molar-refractivity contribution in [3.63, 3.8) is 0 Å². The normalized spacial score (nSPS) is 12.4. The van der Waals surface area contributed by atoms with Gasteiger partial charge < -0.3 is 4.74 Å². The summed E-state index contributed by atoms with van der Waals surface area (Å²) in [5, 5.41) is 9.15. The molecule has 0 radical (unpaired) electrons. The Balaban J connectivity index is 2.25. The fourth-order valence-electron chi connectivity index (χ4n) is 1.70. The molecular weight excluding hydrogens is 290 g/mol. The van der Waals surface area contributed by atoms with E-state index in [2.05, 4.69) is 0 Å². The van der Waals surface area contributed by atoms with Gasteiger partial charge in [-0.25, -0.2) is 4.18 Å². The highest BCUT2D eigenvalue weighted by Crippen LogP contribution is 2.24. The number of nitrogens with zero attached hydrogens (tertiary/aromatic N) is 1. The SMILES string of the molecule is COc1ccc(C(C#N)OS(=O)(=O)c2ccccc2)cc1. The Morgan fingerprint density at radius 1 is 1.05 bits per heavy atom. The average molecular weight is 303 g/mol. The topological polar surface area (TPSA) is 76.4 Å². The lowest BCUT2D eigenvalue weighted by molar-refractivity contribution is 0.267. The van der Waals surface area contributed by atoms with Crippen LogP contribution >= 0.6 is 0 Å². The minimum absolute atomic E-state index is 0.0127. The molecule has 0 heterocycles. The molecule has 0 fully saturated rings. The number of hydrogen-bond acceptors (Lipinski definition) is 5. The Labute approximate surface area is 123 Å². The van der Waals surface area contributed by atoms with E-state index in [4.69, 9.17) is 14.2 Å². The standard InChI is InChI=1S/C15H13NO4S/c1-19-13-9-7-12(8-10-13)15(11-16)20-21(17,18)14-5-3-2-4-6-14/h2-10,15H,1H3. The highest BCUT2D eigenvalue weighted by atomic mass is 32.2. The number of hydrogen-bond donors (Lipinski definition) is 0. The van der Waals surface area contributed by atoms with Crippen LogP contribution in [0.2, 0.25) is 0 Å². The molecule has 0 aliphatic rings. The lowest BCUT2D eigenvalue weighted by atomic mass is 10.1. The summed E-state index contributed by atoms with van der Waals surface area (Å²) in [7, 11) is -2.47. The zero-order chi connectivity index (χ0) is 15.3. The molecule has 6 heteroatoms. The summed E-state index contributed by atoms with van der Waals surface area (Å²) in [6.07, 6.45) is -1.21. The first kappa shape index (κ1) is 15.0. The smallest absolute Gasteiger partial charge is 0.298 e. The maximum atomic E-state index is 12.1. The van der Waals surface area contributed by atoms with E-state index in [0.717, 1.165) is 0 Å². The van der Waals surface area contributed by atoms with E-state index in [1.54, 1.807) is 42.5 Å². The molecule has 0 amide bonds. The zero-order valence-electron chi connectivity index (χ0n) is 11.3. The van der Waals surface area contributed by atoms with Crippen molar-refractivity contribution in [3.8, 4) is 11.8 Å². The van der Waals surface area contributed by atoms with Gasteiger partial charge in [-0.2, -0.15) is 13.7 Å². The van der Waals surface area contributed by atoms with Crippen molar-refractivity contribution in [2.24, 2.45) is 0 Å². The van der Waals surface area contributed by atoms with Gasteiger partial charge >= 0.3 is 0 Å². The highest BCUT2D eigenvalue weighted by molar-refractivity contribution is 7.86. The second-order valence-electron chi connectivity index (χ2n) is 4.15. The molecule has 0 spiro atoms. The Kier molecular flexibility index (Phi) is 4.58. The molecule has 108 valence electrons. The van der Waals surface area contributed by atoms with Crippen LogP contribution in [0.15, 0.2) is 59.5 Å². The van der Waals surface area contributed by atoms with Gasteiger partial charge in [0, 0.05) is 0 Å². The summed E-state index contributed by atoms with van der Waals surface area (Å²) in [4.78, 5) is 0.0127. The van der Waals surface area contributed by atoms with Gasteiger partial charge in [-0.15, -0.1) is 0 Å². The van der Waals surface area contributed by atoms with Crippen LogP contribution in [0.25, 0.3) is 0 Å². The molecule has 0 bridgehead atoms. The molecule has 1 atom stereocenters. The summed E-state index contributed by atoms with van der Waals surface area (Å²) in [5.74, 6) is 0.612. The highest BCUT2D eigenvalue weighted by Gasteiger charge is 2.22. The molecule has 0 aliphatic carbocycles. The molecule has 0 saturated heterocycles. The average Bonchev–Trinajstić information content (AvgIpc) is 2.53. The third-order valence-electron chi connectivity index (χ3n) is 2.79. The zero-order valence-corrected chi connectivity index (χ0v) is 12.1. The van der Waals surface area contributed by atoms with E-state index < -0.39 is 16.2 Å². The second-order valence-corrected chi connectivity index (χ2v) is 5.72. The third kappa shape index (κ3) is 3.60. The summed E-state index contributed by atoms with van der Waals surface area (Å²) >= 11 is 0. The molecule has 2 aromatic carbocycles. The fourth-order valence-corrected chi connectivity index (χ4v) is 2.71. The van der Waals surface area contributed by atoms with Crippen LogP contribution in [0.1, 0.15) is 11.7 Å². The van der Waals surface area contributed by atoms with Gasteiger partial charge in [0.1, 0.15) is 11.8 Å². The quantitative estimate of drug-likeness (QED) is 0.794. The van der Waals surface area contributed by atoms with Crippen molar-refractivity contribution in [1.29, 1.82) is 5.26 Å². The first-order chi connectivity index (χ1) is 10.1. The van der Waals surface area contributed by atoms with Crippen molar-refractivity contribution < 1.29 is 17.3 Å². The number of methoxy groups -OCH3 is 1. The Morgan fingerprint density at radius 3 is 2.19 bits per heavy atom. The predicted octanol–water partition coefficient (Wildman–Crippen LogP) is 2.67. The van der Waals surface area contributed by atoms with Crippen molar-refractivity contribution >= 4 is 10.1 Å². The van der Waals surface area contributed by atoms with Gasteiger partial charge in [-0.1, -0.05) is 30.3 Å². The van der Waals surface area contributed by atoms with E-state index in [-0.39, 0.29) is 4.90 Å². The molecule has 2 aromatic rings. The van der Waals surface area contributed by atoms with E-state index >= 15 is 0 Å². The van der Waals surface area contributed by atoms with E-state index in [1.165, 1.54) is 19.2 Å². The molecule has 1 unspecified atom stereocenters. The van der Waals surface area contributed by atoms with Gasteiger partial charge in [0.15, 0.2) is 6.10 Å². The largest absolute Gasteiger partial charge is 0.497 e. The van der Waals surface area contributed by atoms with Crippen molar-refractivity contribution in [1.82, 2.24) is 0 Å². The lowest BCUT2D eigenvalue weighted by Gasteiger charge is -2.11. The number of rotatable bonds is 5. The van der Waals surface area contributed by atoms with Gasteiger partial charge in [-0.05, 0) is 29.8 Å². The first-order valence-electron chi connectivity index (χ1n) is 6.09. The number of nitriles is 1. The maximum absolute atomic E-state index is 12.1. The van der Waals surface area contributed by atoms with E-state index in [1.807, 2.05) is 6.07 Å². The molecule has 0 aliphatic heterocycles. The molecular formula is C15H13NO4S. The number of ether oxygens (including phenoxy) is 1. The van der Waals surface area contributed by atoms with Crippen LogP contribution in [0.4, 0.5) is 0 Å². The third-order valence-corrected chi connectivity index (χ3v) is 4.09. The molecule has 5 nitrogen and oxygen atoms in total. The Morgan fingerprint density at radius 2 is 1.67 bits per heavy atom. The molecule has 2 rings (SSSR count). The fraction of sp³-hybridized carbons (Fsp3) is 0.133. The van der Waals surface area contributed by atoms with Crippen LogP contribution in [-0.2, 0) is 14.3 Å². The summed E-state index contributed by atoms with van der Waals surface area (Å²) < 4.78 is 34.2. The van der Waals surface area contributed by atoms with Crippen LogP contribution in [0, 0.1) is 11.3 Å². The van der Waals surface area contributed by atoms with Crippen LogP contribution in [0.3, 0.4) is 0 Å². The van der Waals surface area contributed by atoms with Crippen molar-refractivity contribution in [2.75, 3.05) is 7.11 Å².